The molecule has 4 nitrogen and oxygen atoms in total. The first-order valence-electron chi connectivity index (χ1n) is 10.2. The van der Waals surface area contributed by atoms with Crippen LogP contribution in [0.2, 0.25) is 5.02 Å². The van der Waals surface area contributed by atoms with Gasteiger partial charge < -0.3 is 9.64 Å². The van der Waals surface area contributed by atoms with Crippen molar-refractivity contribution in [2.24, 2.45) is 0 Å². The van der Waals surface area contributed by atoms with Gasteiger partial charge in [0.2, 0.25) is 5.88 Å². The highest BCUT2D eigenvalue weighted by Crippen LogP contribution is 2.34. The SMILES string of the molecule is CN1CCCC1COc1cc(Cl)c2cc(F)c(-c3cccc4cccc(F)c34)nc2n1. The molecule has 4 aromatic rings. The molecule has 31 heavy (non-hydrogen) atoms. The zero-order valence-corrected chi connectivity index (χ0v) is 17.7. The number of aromatic nitrogens is 2. The largest absolute Gasteiger partial charge is 0.476 e. The molecular formula is C24H20ClF2N3O. The molecule has 7 heteroatoms. The maximum atomic E-state index is 15.0. The van der Waals surface area contributed by atoms with Gasteiger partial charge in [-0.1, -0.05) is 41.9 Å². The number of hydrogen-bond donors (Lipinski definition) is 0. The molecule has 3 heterocycles. The second kappa shape index (κ2) is 8.02. The van der Waals surface area contributed by atoms with E-state index in [9.17, 15) is 4.39 Å². The van der Waals surface area contributed by atoms with Crippen molar-refractivity contribution in [1.29, 1.82) is 0 Å². The Morgan fingerprint density at radius 2 is 1.90 bits per heavy atom. The monoisotopic (exact) mass is 439 g/mol. The van der Waals surface area contributed by atoms with E-state index in [0.29, 0.717) is 45.3 Å². The molecular weight excluding hydrogens is 420 g/mol. The Hall–Kier alpha value is -2.83. The van der Waals surface area contributed by atoms with E-state index in [-0.39, 0.29) is 11.3 Å². The quantitative estimate of drug-likeness (QED) is 0.399. The number of rotatable bonds is 4. The molecule has 0 aliphatic carbocycles. The Bertz CT molecular complexity index is 1290. The molecule has 2 aromatic heterocycles. The summed E-state index contributed by atoms with van der Waals surface area (Å²) in [6, 6.07) is 13.1. The van der Waals surface area contributed by atoms with Crippen LogP contribution in [-0.4, -0.2) is 41.1 Å². The van der Waals surface area contributed by atoms with Crippen LogP contribution in [0.15, 0.2) is 48.5 Å². The highest BCUT2D eigenvalue weighted by molar-refractivity contribution is 6.35. The molecule has 0 saturated carbocycles. The number of likely N-dealkylation sites (tertiary alicyclic amines) is 1. The van der Waals surface area contributed by atoms with E-state index in [4.69, 9.17) is 16.3 Å². The Morgan fingerprint density at radius 3 is 2.68 bits per heavy atom. The van der Waals surface area contributed by atoms with Gasteiger partial charge in [0.1, 0.15) is 23.9 Å². The minimum atomic E-state index is -0.590. The van der Waals surface area contributed by atoms with Crippen molar-refractivity contribution in [2.75, 3.05) is 20.2 Å². The lowest BCUT2D eigenvalue weighted by molar-refractivity contribution is 0.193. The van der Waals surface area contributed by atoms with Gasteiger partial charge in [-0.25, -0.2) is 13.8 Å². The van der Waals surface area contributed by atoms with Crippen LogP contribution in [0, 0.1) is 11.6 Å². The van der Waals surface area contributed by atoms with Crippen molar-refractivity contribution in [3.63, 3.8) is 0 Å². The molecule has 1 fully saturated rings. The molecule has 0 radical (unpaired) electrons. The van der Waals surface area contributed by atoms with Gasteiger partial charge in [0.25, 0.3) is 0 Å². The lowest BCUT2D eigenvalue weighted by atomic mass is 10.0. The average molecular weight is 440 g/mol. The molecule has 0 spiro atoms. The van der Waals surface area contributed by atoms with E-state index >= 15 is 4.39 Å². The molecule has 1 aliphatic rings. The summed E-state index contributed by atoms with van der Waals surface area (Å²) in [6.45, 7) is 1.54. The zero-order chi connectivity index (χ0) is 21.5. The van der Waals surface area contributed by atoms with Crippen molar-refractivity contribution in [1.82, 2.24) is 14.9 Å². The second-order valence-electron chi connectivity index (χ2n) is 7.86. The van der Waals surface area contributed by atoms with Gasteiger partial charge in [-0.15, -0.1) is 0 Å². The zero-order valence-electron chi connectivity index (χ0n) is 16.9. The van der Waals surface area contributed by atoms with Crippen molar-refractivity contribution in [3.05, 3.63) is 65.2 Å². The predicted molar refractivity (Wildman–Crippen MR) is 119 cm³/mol. The lowest BCUT2D eigenvalue weighted by Crippen LogP contribution is -2.30. The van der Waals surface area contributed by atoms with E-state index in [1.807, 2.05) is 0 Å². The van der Waals surface area contributed by atoms with Crippen LogP contribution in [0.4, 0.5) is 8.78 Å². The fraction of sp³-hybridized carbons (Fsp3) is 0.250. The molecule has 0 bridgehead atoms. The van der Waals surface area contributed by atoms with Crippen molar-refractivity contribution >= 4 is 33.4 Å². The minimum absolute atomic E-state index is 0.0273. The van der Waals surface area contributed by atoms with E-state index in [2.05, 4.69) is 21.9 Å². The van der Waals surface area contributed by atoms with Crippen LogP contribution < -0.4 is 4.74 Å². The normalized spacial score (nSPS) is 17.0. The van der Waals surface area contributed by atoms with Gasteiger partial charge in [-0.3, -0.25) is 0 Å². The number of likely N-dealkylation sites (N-methyl/N-ethyl adjacent to an activating group) is 1. The van der Waals surface area contributed by atoms with E-state index in [1.165, 1.54) is 12.1 Å². The van der Waals surface area contributed by atoms with Crippen LogP contribution in [0.1, 0.15) is 12.8 Å². The van der Waals surface area contributed by atoms with Crippen molar-refractivity contribution in [3.8, 4) is 17.1 Å². The number of pyridine rings is 2. The number of hydrogen-bond acceptors (Lipinski definition) is 4. The van der Waals surface area contributed by atoms with Gasteiger partial charge in [0.05, 0.1) is 5.02 Å². The van der Waals surface area contributed by atoms with Gasteiger partial charge in [0.15, 0.2) is 5.65 Å². The Morgan fingerprint density at radius 1 is 1.10 bits per heavy atom. The Kier molecular flexibility index (Phi) is 5.20. The first kappa shape index (κ1) is 20.1. The topological polar surface area (TPSA) is 38.2 Å². The van der Waals surface area contributed by atoms with Crippen LogP contribution in [-0.2, 0) is 0 Å². The third kappa shape index (κ3) is 3.70. The van der Waals surface area contributed by atoms with E-state index < -0.39 is 11.6 Å². The summed E-state index contributed by atoms with van der Waals surface area (Å²) in [6.07, 6.45) is 2.21. The Balaban J connectivity index is 1.58. The van der Waals surface area contributed by atoms with Crippen LogP contribution in [0.25, 0.3) is 33.1 Å². The summed E-state index contributed by atoms with van der Waals surface area (Å²) in [5.74, 6) is -0.682. The molecule has 5 rings (SSSR count). The minimum Gasteiger partial charge on any atom is -0.476 e. The van der Waals surface area contributed by atoms with E-state index in [1.54, 1.807) is 36.4 Å². The van der Waals surface area contributed by atoms with Gasteiger partial charge >= 0.3 is 0 Å². The van der Waals surface area contributed by atoms with Crippen molar-refractivity contribution in [2.45, 2.75) is 18.9 Å². The van der Waals surface area contributed by atoms with Crippen LogP contribution in [0.5, 0.6) is 5.88 Å². The van der Waals surface area contributed by atoms with Crippen LogP contribution >= 0.6 is 11.6 Å². The van der Waals surface area contributed by atoms with Gasteiger partial charge in [0, 0.05) is 28.4 Å². The molecule has 1 atom stereocenters. The third-order valence-corrected chi connectivity index (χ3v) is 6.20. The summed E-state index contributed by atoms with van der Waals surface area (Å²) >= 11 is 6.38. The first-order chi connectivity index (χ1) is 15.0. The lowest BCUT2D eigenvalue weighted by Gasteiger charge is -2.19. The Labute approximate surface area is 183 Å². The number of fused-ring (bicyclic) bond motifs is 2. The standard InChI is InChI=1S/C24H20ClF2N3O/c1-30-10-4-7-15(30)13-31-21-12-18(25)17-11-20(27)23(29-24(17)28-21)16-8-2-5-14-6-3-9-19(26)22(14)16/h2-3,5-6,8-9,11-12,15H,4,7,10,13H2,1H3. The summed E-state index contributed by atoms with van der Waals surface area (Å²) in [4.78, 5) is 11.1. The number of benzene rings is 2. The molecule has 1 aliphatic heterocycles. The summed E-state index contributed by atoms with van der Waals surface area (Å²) in [7, 11) is 2.07. The maximum Gasteiger partial charge on any atom is 0.216 e. The molecule has 1 saturated heterocycles. The predicted octanol–water partition coefficient (Wildman–Crippen LogP) is 5.85. The number of ether oxygens (including phenoxy) is 1. The molecule has 0 amide bonds. The fourth-order valence-electron chi connectivity index (χ4n) is 4.19. The number of halogens is 3. The maximum absolute atomic E-state index is 15.0. The van der Waals surface area contributed by atoms with Gasteiger partial charge in [-0.05, 0) is 44.0 Å². The van der Waals surface area contributed by atoms with Crippen LogP contribution in [0.3, 0.4) is 0 Å². The smallest absolute Gasteiger partial charge is 0.216 e. The van der Waals surface area contributed by atoms with Crippen molar-refractivity contribution < 1.29 is 13.5 Å². The molecule has 0 N–H and O–H groups in total. The third-order valence-electron chi connectivity index (χ3n) is 5.88. The fourth-order valence-corrected chi connectivity index (χ4v) is 4.42. The summed E-state index contributed by atoms with van der Waals surface area (Å²) < 4.78 is 35.5. The highest BCUT2D eigenvalue weighted by atomic mass is 35.5. The highest BCUT2D eigenvalue weighted by Gasteiger charge is 2.22. The van der Waals surface area contributed by atoms with Gasteiger partial charge in [-0.2, -0.15) is 4.98 Å². The van der Waals surface area contributed by atoms with E-state index in [0.717, 1.165) is 19.4 Å². The molecule has 2 aromatic carbocycles. The summed E-state index contributed by atoms with van der Waals surface area (Å²) in [5, 5.41) is 1.68. The molecule has 1 unspecified atom stereocenters. The average Bonchev–Trinajstić information content (AvgIpc) is 3.17. The number of nitrogens with zero attached hydrogens (tertiary/aromatic N) is 3. The first-order valence-corrected chi connectivity index (χ1v) is 10.6. The summed E-state index contributed by atoms with van der Waals surface area (Å²) in [5.41, 5.74) is 0.651. The molecule has 158 valence electrons. The second-order valence-corrected chi connectivity index (χ2v) is 8.27.